The van der Waals surface area contributed by atoms with Crippen LogP contribution in [0.2, 0.25) is 0 Å². The second-order valence-electron chi connectivity index (χ2n) is 7.55. The van der Waals surface area contributed by atoms with Gasteiger partial charge in [0, 0.05) is 36.6 Å². The van der Waals surface area contributed by atoms with Crippen LogP contribution < -0.4 is 10.2 Å². The Hall–Kier alpha value is -3.47. The third-order valence-corrected chi connectivity index (χ3v) is 5.54. The van der Waals surface area contributed by atoms with Gasteiger partial charge in [-0.1, -0.05) is 43.3 Å². The Bertz CT molecular complexity index is 1060. The lowest BCUT2D eigenvalue weighted by Crippen LogP contribution is -2.30. The molecule has 1 aliphatic rings. The molecule has 1 atom stereocenters. The molecule has 3 aromatic rings. The monoisotopic (exact) mass is 399 g/mol. The van der Waals surface area contributed by atoms with Crippen molar-refractivity contribution >= 4 is 17.5 Å². The molecule has 1 aromatic heterocycles. The van der Waals surface area contributed by atoms with E-state index in [0.29, 0.717) is 18.5 Å². The molecule has 0 fully saturated rings. The van der Waals surface area contributed by atoms with E-state index in [4.69, 9.17) is 0 Å². The van der Waals surface area contributed by atoms with Crippen LogP contribution in [0.25, 0.3) is 0 Å². The standard InChI is InChI=1S/C25H25N3O2/c1-3-22(29)28-13-11-19-15-21(14-17(2)24(19)28)23(20-10-7-12-26-16-20)27-25(30)18-8-5-4-6-9-18/h4-10,12,14-16,23H,3,11,13H2,1-2H3,(H,27,30). The normalized spacial score (nSPS) is 13.6. The highest BCUT2D eigenvalue weighted by atomic mass is 16.2. The molecular weight excluding hydrogens is 374 g/mol. The number of pyridine rings is 1. The van der Waals surface area contributed by atoms with Crippen LogP contribution in [0, 0.1) is 6.92 Å². The van der Waals surface area contributed by atoms with Gasteiger partial charge in [-0.15, -0.1) is 0 Å². The van der Waals surface area contributed by atoms with Crippen molar-refractivity contribution in [3.05, 3.63) is 94.8 Å². The Morgan fingerprint density at radius 1 is 1.10 bits per heavy atom. The summed E-state index contributed by atoms with van der Waals surface area (Å²) in [7, 11) is 0. The second kappa shape index (κ2) is 8.49. The van der Waals surface area contributed by atoms with Crippen molar-refractivity contribution in [2.75, 3.05) is 11.4 Å². The molecule has 5 nitrogen and oxygen atoms in total. The molecule has 0 bridgehead atoms. The summed E-state index contributed by atoms with van der Waals surface area (Å²) in [4.78, 5) is 31.4. The highest BCUT2D eigenvalue weighted by molar-refractivity contribution is 5.96. The number of hydrogen-bond donors (Lipinski definition) is 1. The molecule has 0 saturated carbocycles. The van der Waals surface area contributed by atoms with Crippen molar-refractivity contribution in [1.82, 2.24) is 10.3 Å². The fourth-order valence-electron chi connectivity index (χ4n) is 4.12. The van der Waals surface area contributed by atoms with E-state index in [0.717, 1.165) is 34.4 Å². The van der Waals surface area contributed by atoms with Crippen molar-refractivity contribution in [2.24, 2.45) is 0 Å². The number of benzene rings is 2. The number of nitrogens with zero attached hydrogens (tertiary/aromatic N) is 2. The molecule has 152 valence electrons. The quantitative estimate of drug-likeness (QED) is 0.699. The van der Waals surface area contributed by atoms with Gasteiger partial charge in [-0.3, -0.25) is 14.6 Å². The zero-order chi connectivity index (χ0) is 21.1. The summed E-state index contributed by atoms with van der Waals surface area (Å²) in [5, 5.41) is 3.17. The van der Waals surface area contributed by atoms with Crippen molar-refractivity contribution in [3.63, 3.8) is 0 Å². The summed E-state index contributed by atoms with van der Waals surface area (Å²) in [5.74, 6) is 0.0104. The lowest BCUT2D eigenvalue weighted by Gasteiger charge is -2.23. The van der Waals surface area contributed by atoms with Crippen LogP contribution in [-0.2, 0) is 11.2 Å². The third-order valence-electron chi connectivity index (χ3n) is 5.54. The number of carbonyl (C=O) groups is 2. The fourth-order valence-corrected chi connectivity index (χ4v) is 4.12. The van der Waals surface area contributed by atoms with E-state index in [9.17, 15) is 9.59 Å². The third kappa shape index (κ3) is 3.83. The van der Waals surface area contributed by atoms with E-state index in [1.54, 1.807) is 24.5 Å². The molecule has 1 N–H and O–H groups in total. The maximum absolute atomic E-state index is 12.9. The SMILES string of the molecule is CCC(=O)N1CCc2cc(C(NC(=O)c3ccccc3)c3cccnc3)cc(C)c21. The van der Waals surface area contributed by atoms with Gasteiger partial charge in [-0.05, 0) is 53.8 Å². The number of aryl methyl sites for hydroxylation is 1. The van der Waals surface area contributed by atoms with Crippen molar-refractivity contribution in [1.29, 1.82) is 0 Å². The van der Waals surface area contributed by atoms with Crippen LogP contribution in [0.1, 0.15) is 52.0 Å². The minimum absolute atomic E-state index is 0.134. The molecule has 0 saturated heterocycles. The summed E-state index contributed by atoms with van der Waals surface area (Å²) in [5.41, 5.74) is 5.74. The Labute approximate surface area is 176 Å². The number of anilines is 1. The molecule has 1 aliphatic heterocycles. The van der Waals surface area contributed by atoms with Crippen LogP contribution in [0.5, 0.6) is 0 Å². The first kappa shape index (κ1) is 19.8. The number of nitrogens with one attached hydrogen (secondary N) is 1. The summed E-state index contributed by atoms with van der Waals surface area (Å²) < 4.78 is 0. The summed E-state index contributed by atoms with van der Waals surface area (Å²) in [6.45, 7) is 4.63. The van der Waals surface area contributed by atoms with E-state index >= 15 is 0 Å². The first-order valence-corrected chi connectivity index (χ1v) is 10.3. The van der Waals surface area contributed by atoms with Gasteiger partial charge in [0.05, 0.1) is 6.04 Å². The molecule has 1 unspecified atom stereocenters. The molecule has 0 radical (unpaired) electrons. The van der Waals surface area contributed by atoms with Crippen LogP contribution >= 0.6 is 0 Å². The molecule has 4 rings (SSSR count). The largest absolute Gasteiger partial charge is 0.341 e. The molecule has 0 spiro atoms. The summed E-state index contributed by atoms with van der Waals surface area (Å²) >= 11 is 0. The van der Waals surface area contributed by atoms with Crippen molar-refractivity contribution < 1.29 is 9.59 Å². The number of carbonyl (C=O) groups excluding carboxylic acids is 2. The Morgan fingerprint density at radius 2 is 1.90 bits per heavy atom. The predicted octanol–water partition coefficient (Wildman–Crippen LogP) is 4.21. The molecule has 5 heteroatoms. The number of fused-ring (bicyclic) bond motifs is 1. The van der Waals surface area contributed by atoms with Gasteiger partial charge in [0.25, 0.3) is 5.91 Å². The lowest BCUT2D eigenvalue weighted by atomic mass is 9.94. The smallest absolute Gasteiger partial charge is 0.252 e. The molecular formula is C25H25N3O2. The Morgan fingerprint density at radius 3 is 2.60 bits per heavy atom. The first-order valence-electron chi connectivity index (χ1n) is 10.3. The van der Waals surface area contributed by atoms with Crippen molar-refractivity contribution in [2.45, 2.75) is 32.7 Å². The molecule has 2 heterocycles. The van der Waals surface area contributed by atoms with E-state index in [1.807, 2.05) is 49.1 Å². The topological polar surface area (TPSA) is 62.3 Å². The predicted molar refractivity (Wildman–Crippen MR) is 118 cm³/mol. The minimum Gasteiger partial charge on any atom is -0.341 e. The van der Waals surface area contributed by atoms with E-state index in [-0.39, 0.29) is 17.9 Å². The number of aromatic nitrogens is 1. The number of rotatable bonds is 5. The van der Waals surface area contributed by atoms with Gasteiger partial charge in [0.2, 0.25) is 5.91 Å². The van der Waals surface area contributed by atoms with Gasteiger partial charge in [0.1, 0.15) is 0 Å². The van der Waals surface area contributed by atoms with Gasteiger partial charge in [0.15, 0.2) is 0 Å². The summed E-state index contributed by atoms with van der Waals surface area (Å²) in [6.07, 6.45) is 4.82. The maximum Gasteiger partial charge on any atom is 0.252 e. The highest BCUT2D eigenvalue weighted by Gasteiger charge is 2.28. The van der Waals surface area contributed by atoms with Crippen LogP contribution in [-0.4, -0.2) is 23.3 Å². The minimum atomic E-state index is -0.327. The van der Waals surface area contributed by atoms with Crippen LogP contribution in [0.4, 0.5) is 5.69 Å². The Kier molecular flexibility index (Phi) is 5.61. The van der Waals surface area contributed by atoms with E-state index in [1.165, 1.54) is 0 Å². The van der Waals surface area contributed by atoms with Gasteiger partial charge in [-0.2, -0.15) is 0 Å². The first-order chi connectivity index (χ1) is 14.6. The highest BCUT2D eigenvalue weighted by Crippen LogP contribution is 2.36. The summed E-state index contributed by atoms with van der Waals surface area (Å²) in [6, 6.07) is 16.9. The molecule has 30 heavy (non-hydrogen) atoms. The van der Waals surface area contributed by atoms with Gasteiger partial charge in [-0.25, -0.2) is 0 Å². The average molecular weight is 399 g/mol. The van der Waals surface area contributed by atoms with E-state index < -0.39 is 0 Å². The maximum atomic E-state index is 12.9. The number of hydrogen-bond acceptors (Lipinski definition) is 3. The van der Waals surface area contributed by atoms with E-state index in [2.05, 4.69) is 22.4 Å². The molecule has 0 aliphatic carbocycles. The average Bonchev–Trinajstić information content (AvgIpc) is 3.22. The van der Waals surface area contributed by atoms with Crippen LogP contribution in [0.3, 0.4) is 0 Å². The zero-order valence-corrected chi connectivity index (χ0v) is 17.3. The van der Waals surface area contributed by atoms with Gasteiger partial charge >= 0.3 is 0 Å². The molecule has 2 aromatic carbocycles. The van der Waals surface area contributed by atoms with Gasteiger partial charge < -0.3 is 10.2 Å². The van der Waals surface area contributed by atoms with Crippen LogP contribution in [0.15, 0.2) is 67.0 Å². The molecule has 2 amide bonds. The lowest BCUT2D eigenvalue weighted by molar-refractivity contribution is -0.118. The van der Waals surface area contributed by atoms with Crippen molar-refractivity contribution in [3.8, 4) is 0 Å². The Balaban J connectivity index is 1.72. The fraction of sp³-hybridized carbons (Fsp3) is 0.240. The number of amides is 2. The zero-order valence-electron chi connectivity index (χ0n) is 17.3. The second-order valence-corrected chi connectivity index (χ2v) is 7.55.